The molecule has 0 amide bonds. The fourth-order valence-corrected chi connectivity index (χ4v) is 1.91. The van der Waals surface area contributed by atoms with Gasteiger partial charge in [-0.3, -0.25) is 0 Å². The number of halogens is 2. The first-order valence-electron chi connectivity index (χ1n) is 5.83. The Kier molecular flexibility index (Phi) is 4.63. The van der Waals surface area contributed by atoms with Gasteiger partial charge >= 0.3 is 0 Å². The second-order valence-corrected chi connectivity index (χ2v) is 4.25. The summed E-state index contributed by atoms with van der Waals surface area (Å²) in [5.41, 5.74) is 1.33. The van der Waals surface area contributed by atoms with Gasteiger partial charge in [0.25, 0.3) is 0 Å². The van der Waals surface area contributed by atoms with Crippen LogP contribution in [-0.4, -0.2) is 7.11 Å². The monoisotopic (exact) mass is 280 g/mol. The molecule has 0 aliphatic heterocycles. The zero-order valence-corrected chi connectivity index (χ0v) is 11.3. The van der Waals surface area contributed by atoms with E-state index in [1.54, 1.807) is 37.4 Å². The fourth-order valence-electron chi connectivity index (χ4n) is 1.70. The van der Waals surface area contributed by atoms with Crippen LogP contribution in [0, 0.1) is 5.82 Å². The van der Waals surface area contributed by atoms with Crippen LogP contribution in [0.1, 0.15) is 11.1 Å². The summed E-state index contributed by atoms with van der Waals surface area (Å²) in [4.78, 5) is 0. The van der Waals surface area contributed by atoms with Crippen LogP contribution in [0.3, 0.4) is 0 Å². The molecule has 0 atom stereocenters. The van der Waals surface area contributed by atoms with Crippen LogP contribution in [0.4, 0.5) is 4.39 Å². The summed E-state index contributed by atoms with van der Waals surface area (Å²) >= 11 is 5.86. The first-order chi connectivity index (χ1) is 9.24. The van der Waals surface area contributed by atoms with Crippen molar-refractivity contribution in [2.75, 3.05) is 7.11 Å². The number of methoxy groups -OCH3 is 1. The standard InChI is InChI=1S/C15H14ClFO2/c1-18-13-6-7-15(12(8-13)9-16)19-10-11-4-2-3-5-14(11)17/h2-8H,9-10H2,1H3. The summed E-state index contributed by atoms with van der Waals surface area (Å²) in [7, 11) is 1.59. The molecule has 100 valence electrons. The molecule has 0 spiro atoms. The second kappa shape index (κ2) is 6.43. The van der Waals surface area contributed by atoms with E-state index in [9.17, 15) is 4.39 Å². The van der Waals surface area contributed by atoms with E-state index in [4.69, 9.17) is 21.1 Å². The van der Waals surface area contributed by atoms with Gasteiger partial charge in [0.05, 0.1) is 13.0 Å². The first kappa shape index (κ1) is 13.7. The molecular weight excluding hydrogens is 267 g/mol. The predicted molar refractivity (Wildman–Crippen MR) is 73.3 cm³/mol. The van der Waals surface area contributed by atoms with Gasteiger partial charge in [0, 0.05) is 11.1 Å². The lowest BCUT2D eigenvalue weighted by atomic mass is 10.2. The Balaban J connectivity index is 2.13. The minimum atomic E-state index is -0.275. The van der Waals surface area contributed by atoms with Crippen LogP contribution < -0.4 is 9.47 Å². The van der Waals surface area contributed by atoms with Gasteiger partial charge in [0.15, 0.2) is 0 Å². The van der Waals surface area contributed by atoms with Crippen molar-refractivity contribution in [3.05, 3.63) is 59.4 Å². The number of hydrogen-bond acceptors (Lipinski definition) is 2. The van der Waals surface area contributed by atoms with E-state index in [1.807, 2.05) is 6.07 Å². The van der Waals surface area contributed by atoms with Crippen molar-refractivity contribution in [1.82, 2.24) is 0 Å². The van der Waals surface area contributed by atoms with Gasteiger partial charge in [0.2, 0.25) is 0 Å². The molecule has 0 N–H and O–H groups in total. The van der Waals surface area contributed by atoms with Crippen LogP contribution >= 0.6 is 11.6 Å². The molecule has 0 heterocycles. The molecule has 0 aliphatic rings. The largest absolute Gasteiger partial charge is 0.497 e. The highest BCUT2D eigenvalue weighted by molar-refractivity contribution is 6.17. The highest BCUT2D eigenvalue weighted by Crippen LogP contribution is 2.26. The lowest BCUT2D eigenvalue weighted by molar-refractivity contribution is 0.297. The van der Waals surface area contributed by atoms with Crippen molar-refractivity contribution in [1.29, 1.82) is 0 Å². The molecule has 19 heavy (non-hydrogen) atoms. The average molecular weight is 281 g/mol. The van der Waals surface area contributed by atoms with Gasteiger partial charge in [-0.05, 0) is 24.3 Å². The highest BCUT2D eigenvalue weighted by Gasteiger charge is 2.07. The lowest BCUT2D eigenvalue weighted by Crippen LogP contribution is -2.00. The van der Waals surface area contributed by atoms with Crippen LogP contribution in [0.2, 0.25) is 0 Å². The van der Waals surface area contributed by atoms with E-state index >= 15 is 0 Å². The zero-order chi connectivity index (χ0) is 13.7. The van der Waals surface area contributed by atoms with E-state index in [1.165, 1.54) is 6.07 Å². The maximum atomic E-state index is 13.5. The molecular formula is C15H14ClFO2. The normalized spacial score (nSPS) is 10.3. The summed E-state index contributed by atoms with van der Waals surface area (Å²) < 4.78 is 24.2. The van der Waals surface area contributed by atoms with Crippen LogP contribution in [0.25, 0.3) is 0 Å². The topological polar surface area (TPSA) is 18.5 Å². The quantitative estimate of drug-likeness (QED) is 0.766. The molecule has 0 bridgehead atoms. The summed E-state index contributed by atoms with van der Waals surface area (Å²) in [6, 6.07) is 11.9. The number of benzene rings is 2. The van der Waals surface area contributed by atoms with Crippen molar-refractivity contribution in [3.63, 3.8) is 0 Å². The summed E-state index contributed by atoms with van der Waals surface area (Å²) in [5.74, 6) is 1.39. The van der Waals surface area contributed by atoms with Crippen LogP contribution in [-0.2, 0) is 12.5 Å². The van der Waals surface area contributed by atoms with E-state index in [2.05, 4.69) is 0 Å². The van der Waals surface area contributed by atoms with E-state index in [-0.39, 0.29) is 12.4 Å². The zero-order valence-electron chi connectivity index (χ0n) is 10.5. The van der Waals surface area contributed by atoms with Crippen molar-refractivity contribution >= 4 is 11.6 Å². The second-order valence-electron chi connectivity index (χ2n) is 3.99. The molecule has 0 saturated carbocycles. The average Bonchev–Trinajstić information content (AvgIpc) is 2.46. The Hall–Kier alpha value is -1.74. The third kappa shape index (κ3) is 3.38. The van der Waals surface area contributed by atoms with E-state index in [0.29, 0.717) is 22.9 Å². The van der Waals surface area contributed by atoms with Crippen molar-refractivity contribution in [2.45, 2.75) is 12.5 Å². The van der Waals surface area contributed by atoms with Crippen LogP contribution in [0.5, 0.6) is 11.5 Å². The van der Waals surface area contributed by atoms with Crippen molar-refractivity contribution in [3.8, 4) is 11.5 Å². The number of hydrogen-bond donors (Lipinski definition) is 0. The Morgan fingerprint density at radius 1 is 1.11 bits per heavy atom. The Labute approximate surface area is 116 Å². The molecule has 2 aromatic carbocycles. The molecule has 0 saturated heterocycles. The minimum Gasteiger partial charge on any atom is -0.497 e. The minimum absolute atomic E-state index is 0.170. The maximum Gasteiger partial charge on any atom is 0.129 e. The van der Waals surface area contributed by atoms with Crippen LogP contribution in [0.15, 0.2) is 42.5 Å². The number of rotatable bonds is 5. The van der Waals surface area contributed by atoms with E-state index < -0.39 is 0 Å². The number of ether oxygens (including phenoxy) is 2. The third-order valence-corrected chi connectivity index (χ3v) is 3.04. The molecule has 2 aromatic rings. The van der Waals surface area contributed by atoms with E-state index in [0.717, 1.165) is 5.56 Å². The molecule has 4 heteroatoms. The van der Waals surface area contributed by atoms with Crippen molar-refractivity contribution < 1.29 is 13.9 Å². The summed E-state index contributed by atoms with van der Waals surface area (Å²) in [6.07, 6.45) is 0. The molecule has 2 rings (SSSR count). The predicted octanol–water partition coefficient (Wildman–Crippen LogP) is 4.15. The van der Waals surface area contributed by atoms with Gasteiger partial charge < -0.3 is 9.47 Å². The van der Waals surface area contributed by atoms with Crippen molar-refractivity contribution in [2.24, 2.45) is 0 Å². The summed E-state index contributed by atoms with van der Waals surface area (Å²) in [5, 5.41) is 0. The Morgan fingerprint density at radius 3 is 2.58 bits per heavy atom. The van der Waals surface area contributed by atoms with Gasteiger partial charge in [-0.1, -0.05) is 18.2 Å². The smallest absolute Gasteiger partial charge is 0.129 e. The SMILES string of the molecule is COc1ccc(OCc2ccccc2F)c(CCl)c1. The molecule has 0 aromatic heterocycles. The molecule has 0 unspecified atom stereocenters. The Morgan fingerprint density at radius 2 is 1.89 bits per heavy atom. The maximum absolute atomic E-state index is 13.5. The third-order valence-electron chi connectivity index (χ3n) is 2.75. The Bertz CT molecular complexity index is 558. The van der Waals surface area contributed by atoms with Gasteiger partial charge in [-0.25, -0.2) is 4.39 Å². The first-order valence-corrected chi connectivity index (χ1v) is 6.37. The lowest BCUT2D eigenvalue weighted by Gasteiger charge is -2.11. The molecule has 2 nitrogen and oxygen atoms in total. The number of alkyl halides is 1. The van der Waals surface area contributed by atoms with Gasteiger partial charge in [-0.15, -0.1) is 11.6 Å². The fraction of sp³-hybridized carbons (Fsp3) is 0.200. The molecule has 0 aliphatic carbocycles. The van der Waals surface area contributed by atoms with Gasteiger partial charge in [-0.2, -0.15) is 0 Å². The van der Waals surface area contributed by atoms with Gasteiger partial charge in [0.1, 0.15) is 23.9 Å². The molecule has 0 fully saturated rings. The summed E-state index contributed by atoms with van der Waals surface area (Å²) in [6.45, 7) is 0.170. The molecule has 0 radical (unpaired) electrons. The highest BCUT2D eigenvalue weighted by atomic mass is 35.5.